The van der Waals surface area contributed by atoms with Gasteiger partial charge in [0.1, 0.15) is 17.2 Å². The molecule has 0 unspecified atom stereocenters. The number of para-hydroxylation sites is 1. The molecule has 0 fully saturated rings. The molecule has 0 spiro atoms. The molecule has 3 aromatic carbocycles. The Labute approximate surface area is 242 Å². The zero-order valence-electron chi connectivity index (χ0n) is 24.8. The van der Waals surface area contributed by atoms with Gasteiger partial charge in [-0.1, -0.05) is 42.5 Å². The van der Waals surface area contributed by atoms with E-state index in [-0.39, 0.29) is 31.5 Å². The topological polar surface area (TPSA) is 74.2 Å². The van der Waals surface area contributed by atoms with Crippen molar-refractivity contribution in [3.8, 4) is 11.5 Å². The molecule has 4 aromatic rings. The van der Waals surface area contributed by atoms with Crippen molar-refractivity contribution >= 4 is 16.8 Å². The molecule has 1 aromatic heterocycles. The van der Waals surface area contributed by atoms with E-state index in [0.717, 1.165) is 34.1 Å². The number of rotatable bonds is 14. The minimum Gasteiger partial charge on any atom is -0.468 e. The first-order valence-electron chi connectivity index (χ1n) is 13.8. The van der Waals surface area contributed by atoms with Gasteiger partial charge >= 0.3 is 0 Å². The number of nitrogens with one attached hydrogen (secondary N) is 1. The van der Waals surface area contributed by atoms with Gasteiger partial charge in [-0.2, -0.15) is 0 Å². The van der Waals surface area contributed by atoms with Crippen LogP contribution in [-0.4, -0.2) is 69.9 Å². The molecule has 0 atom stereocenters. The van der Waals surface area contributed by atoms with Gasteiger partial charge < -0.3 is 33.7 Å². The van der Waals surface area contributed by atoms with E-state index in [9.17, 15) is 4.79 Å². The predicted octanol–water partition coefficient (Wildman–Crippen LogP) is 5.49. The zero-order chi connectivity index (χ0) is 29.4. The second-order valence-corrected chi connectivity index (χ2v) is 10.5. The Kier molecular flexibility index (Phi) is 10.4. The average Bonchev–Trinajstić information content (AvgIpc) is 3.29. The van der Waals surface area contributed by atoms with Crippen LogP contribution >= 0.6 is 0 Å². The fourth-order valence-corrected chi connectivity index (χ4v) is 5.02. The molecule has 0 saturated heterocycles. The normalized spacial score (nSPS) is 11.5. The number of carbonyl (C=O) groups excluding carboxylic acids is 1. The highest BCUT2D eigenvalue weighted by molar-refractivity contribution is 6.03. The lowest BCUT2D eigenvalue weighted by molar-refractivity contribution is 0.0509. The molecule has 218 valence electrons. The molecule has 0 bridgehead atoms. The SMILES string of the molecule is COCOc1ccc(C(c2ccc(OCOC)cc2)c2c(C(=O)NC(C)C)n(CCN(C)C)c3ccccc23)cc1. The molecular formula is C33H41N3O5. The monoisotopic (exact) mass is 559 g/mol. The van der Waals surface area contributed by atoms with Crippen molar-refractivity contribution in [3.63, 3.8) is 0 Å². The van der Waals surface area contributed by atoms with Gasteiger partial charge in [0, 0.05) is 55.7 Å². The average molecular weight is 560 g/mol. The predicted molar refractivity (Wildman–Crippen MR) is 162 cm³/mol. The van der Waals surface area contributed by atoms with Crippen molar-refractivity contribution in [1.29, 1.82) is 0 Å². The smallest absolute Gasteiger partial charge is 0.268 e. The fourth-order valence-electron chi connectivity index (χ4n) is 5.02. The van der Waals surface area contributed by atoms with Gasteiger partial charge in [0.15, 0.2) is 13.6 Å². The molecule has 8 nitrogen and oxygen atoms in total. The van der Waals surface area contributed by atoms with Crippen LogP contribution in [0.2, 0.25) is 0 Å². The quantitative estimate of drug-likeness (QED) is 0.206. The molecular weight excluding hydrogens is 518 g/mol. The third-order valence-electron chi connectivity index (χ3n) is 6.82. The molecule has 0 radical (unpaired) electrons. The standard InChI is InChI=1S/C33H41N3O5/c1-23(2)34-33(37)32-31(28-9-7-8-10-29(28)36(32)20-19-35(3)4)30(24-11-15-26(16-12-24)40-21-38-5)25-13-17-27(18-14-25)41-22-39-6/h7-18,23,30H,19-22H2,1-6H3,(H,34,37). The summed E-state index contributed by atoms with van der Waals surface area (Å²) in [5.74, 6) is 1.10. The number of ether oxygens (including phenoxy) is 4. The summed E-state index contributed by atoms with van der Waals surface area (Å²) < 4.78 is 23.6. The first-order chi connectivity index (χ1) is 19.8. The Bertz CT molecular complexity index is 1360. The summed E-state index contributed by atoms with van der Waals surface area (Å²) in [7, 11) is 7.29. The van der Waals surface area contributed by atoms with Crippen LogP contribution in [0, 0.1) is 0 Å². The molecule has 0 saturated carbocycles. The summed E-state index contributed by atoms with van der Waals surface area (Å²) in [5, 5.41) is 4.22. The molecule has 1 amide bonds. The zero-order valence-corrected chi connectivity index (χ0v) is 24.8. The number of likely N-dealkylation sites (N-methyl/N-ethyl adjacent to an activating group) is 1. The van der Waals surface area contributed by atoms with Crippen LogP contribution in [0.15, 0.2) is 72.8 Å². The van der Waals surface area contributed by atoms with Gasteiger partial charge in [0.05, 0.1) is 0 Å². The van der Waals surface area contributed by atoms with E-state index in [0.29, 0.717) is 23.7 Å². The number of amides is 1. The lowest BCUT2D eigenvalue weighted by atomic mass is 9.83. The molecule has 1 N–H and O–H groups in total. The summed E-state index contributed by atoms with van der Waals surface area (Å²) in [6.07, 6.45) is 0. The van der Waals surface area contributed by atoms with Crippen LogP contribution in [0.1, 0.15) is 46.9 Å². The van der Waals surface area contributed by atoms with E-state index in [1.807, 2.05) is 64.3 Å². The lowest BCUT2D eigenvalue weighted by Gasteiger charge is -2.22. The summed E-state index contributed by atoms with van der Waals surface area (Å²) in [6, 6.07) is 24.3. The minimum absolute atomic E-state index is 0.0106. The highest BCUT2D eigenvalue weighted by atomic mass is 16.7. The highest BCUT2D eigenvalue weighted by Crippen LogP contribution is 2.41. The summed E-state index contributed by atoms with van der Waals surface area (Å²) in [6.45, 7) is 5.78. The van der Waals surface area contributed by atoms with Crippen molar-refractivity contribution < 1.29 is 23.7 Å². The van der Waals surface area contributed by atoms with E-state index in [2.05, 4.69) is 51.2 Å². The van der Waals surface area contributed by atoms with Crippen molar-refractivity contribution in [2.24, 2.45) is 0 Å². The number of aromatic nitrogens is 1. The number of fused-ring (bicyclic) bond motifs is 1. The van der Waals surface area contributed by atoms with E-state index in [4.69, 9.17) is 18.9 Å². The second-order valence-electron chi connectivity index (χ2n) is 10.5. The van der Waals surface area contributed by atoms with Gasteiger partial charge in [-0.05, 0) is 69.4 Å². The van der Waals surface area contributed by atoms with E-state index in [1.165, 1.54) is 0 Å². The molecule has 4 rings (SSSR count). The maximum absolute atomic E-state index is 14.0. The molecule has 41 heavy (non-hydrogen) atoms. The third kappa shape index (κ3) is 7.27. The van der Waals surface area contributed by atoms with Crippen molar-refractivity contribution in [2.45, 2.75) is 32.4 Å². The molecule has 0 aliphatic carbocycles. The largest absolute Gasteiger partial charge is 0.468 e. The minimum atomic E-state index is -0.235. The van der Waals surface area contributed by atoms with Crippen LogP contribution in [0.25, 0.3) is 10.9 Å². The van der Waals surface area contributed by atoms with Crippen molar-refractivity contribution in [2.75, 3.05) is 48.4 Å². The first kappa shape index (κ1) is 30.1. The molecule has 0 aliphatic heterocycles. The van der Waals surface area contributed by atoms with Gasteiger partial charge in [0.25, 0.3) is 5.91 Å². The van der Waals surface area contributed by atoms with Crippen LogP contribution in [-0.2, 0) is 16.0 Å². The Morgan fingerprint density at radius 2 is 1.37 bits per heavy atom. The van der Waals surface area contributed by atoms with Crippen LogP contribution in [0.3, 0.4) is 0 Å². The van der Waals surface area contributed by atoms with Crippen LogP contribution in [0.5, 0.6) is 11.5 Å². The summed E-state index contributed by atoms with van der Waals surface area (Å²) >= 11 is 0. The number of carbonyl (C=O) groups is 1. The molecule has 1 heterocycles. The van der Waals surface area contributed by atoms with Gasteiger partial charge in [-0.3, -0.25) is 4.79 Å². The highest BCUT2D eigenvalue weighted by Gasteiger charge is 2.30. The number of hydrogen-bond acceptors (Lipinski definition) is 6. The number of methoxy groups -OCH3 is 2. The van der Waals surface area contributed by atoms with E-state index >= 15 is 0 Å². The third-order valence-corrected chi connectivity index (χ3v) is 6.82. The maximum Gasteiger partial charge on any atom is 0.268 e. The van der Waals surface area contributed by atoms with Gasteiger partial charge in [-0.25, -0.2) is 0 Å². The molecule has 0 aliphatic rings. The lowest BCUT2D eigenvalue weighted by Crippen LogP contribution is -2.33. The number of benzene rings is 3. The number of hydrogen-bond donors (Lipinski definition) is 1. The van der Waals surface area contributed by atoms with E-state index in [1.54, 1.807) is 14.2 Å². The maximum atomic E-state index is 14.0. The van der Waals surface area contributed by atoms with E-state index < -0.39 is 0 Å². The van der Waals surface area contributed by atoms with Crippen molar-refractivity contribution in [3.05, 3.63) is 95.2 Å². The Morgan fingerprint density at radius 1 is 0.829 bits per heavy atom. The second kappa shape index (κ2) is 14.2. The number of nitrogens with zero attached hydrogens (tertiary/aromatic N) is 2. The van der Waals surface area contributed by atoms with Crippen LogP contribution in [0.4, 0.5) is 0 Å². The Hall–Kier alpha value is -3.85. The Balaban J connectivity index is 1.96. The molecule has 8 heteroatoms. The Morgan fingerprint density at radius 3 is 1.85 bits per heavy atom. The summed E-state index contributed by atoms with van der Waals surface area (Å²) in [5.41, 5.74) is 4.74. The van der Waals surface area contributed by atoms with Crippen LogP contribution < -0.4 is 14.8 Å². The summed E-state index contributed by atoms with van der Waals surface area (Å²) in [4.78, 5) is 16.1. The fraction of sp³-hybridized carbons (Fsp3) is 0.364. The van der Waals surface area contributed by atoms with Gasteiger partial charge in [-0.15, -0.1) is 0 Å². The van der Waals surface area contributed by atoms with Gasteiger partial charge in [0.2, 0.25) is 0 Å². The first-order valence-corrected chi connectivity index (χ1v) is 13.8. The van der Waals surface area contributed by atoms with Crippen molar-refractivity contribution in [1.82, 2.24) is 14.8 Å².